The van der Waals surface area contributed by atoms with Gasteiger partial charge in [-0.25, -0.2) is 0 Å². The van der Waals surface area contributed by atoms with Gasteiger partial charge in [0.15, 0.2) is 5.78 Å². The third-order valence-corrected chi connectivity index (χ3v) is 3.18. The summed E-state index contributed by atoms with van der Waals surface area (Å²) in [4.78, 5) is 15.6. The predicted octanol–water partition coefficient (Wildman–Crippen LogP) is 4.00. The molecule has 0 aliphatic carbocycles. The van der Waals surface area contributed by atoms with Crippen molar-refractivity contribution in [1.82, 2.24) is 0 Å². The van der Waals surface area contributed by atoms with Gasteiger partial charge in [0.2, 0.25) is 0 Å². The Morgan fingerprint density at radius 3 is 2.59 bits per heavy atom. The molecular weight excluding hydrogens is 299 g/mol. The van der Waals surface area contributed by atoms with Crippen LogP contribution in [-0.4, -0.2) is 12.0 Å². The van der Waals surface area contributed by atoms with Crippen molar-refractivity contribution in [2.45, 2.75) is 13.1 Å². The van der Waals surface area contributed by atoms with Crippen LogP contribution in [0.3, 0.4) is 0 Å². The highest BCUT2D eigenvalue weighted by molar-refractivity contribution is 9.10. The molecule has 0 fully saturated rings. The van der Waals surface area contributed by atoms with Crippen LogP contribution in [0, 0.1) is 5.92 Å². The van der Waals surface area contributed by atoms with Gasteiger partial charge in [-0.05, 0) is 28.1 Å². The Morgan fingerprint density at radius 1 is 1.35 bits per heavy atom. The number of halogens is 4. The van der Waals surface area contributed by atoms with Crippen LogP contribution >= 0.6 is 15.9 Å². The van der Waals surface area contributed by atoms with Crippen molar-refractivity contribution >= 4 is 33.6 Å². The van der Waals surface area contributed by atoms with E-state index < -0.39 is 17.7 Å². The van der Waals surface area contributed by atoms with E-state index in [0.29, 0.717) is 4.47 Å². The molecule has 0 bridgehead atoms. The molecular formula is C11H7BrF3NO. The summed E-state index contributed by atoms with van der Waals surface area (Å²) >= 11 is 3.09. The molecule has 17 heavy (non-hydrogen) atoms. The van der Waals surface area contributed by atoms with E-state index in [2.05, 4.69) is 20.9 Å². The molecule has 0 aromatic heterocycles. The number of benzene rings is 1. The minimum Gasteiger partial charge on any atom is -0.293 e. The van der Waals surface area contributed by atoms with Crippen LogP contribution in [0.4, 0.5) is 18.9 Å². The Bertz CT molecular complexity index is 522. The Hall–Kier alpha value is -1.17. The minimum absolute atomic E-state index is 0.00910. The van der Waals surface area contributed by atoms with Crippen LogP contribution in [0.15, 0.2) is 21.6 Å². The third kappa shape index (κ3) is 2.01. The monoisotopic (exact) mass is 305 g/mol. The van der Waals surface area contributed by atoms with Crippen molar-refractivity contribution in [1.29, 1.82) is 0 Å². The quantitative estimate of drug-likeness (QED) is 0.712. The van der Waals surface area contributed by atoms with Crippen LogP contribution in [0.5, 0.6) is 0 Å². The molecule has 1 aliphatic heterocycles. The zero-order chi connectivity index (χ0) is 12.8. The summed E-state index contributed by atoms with van der Waals surface area (Å²) in [6, 6.07) is 2.15. The fraction of sp³-hybridized carbons (Fsp3) is 0.273. The van der Waals surface area contributed by atoms with Crippen LogP contribution in [0.25, 0.3) is 0 Å². The summed E-state index contributed by atoms with van der Waals surface area (Å²) in [7, 11) is 0. The van der Waals surface area contributed by atoms with E-state index in [9.17, 15) is 18.0 Å². The number of rotatable bonds is 0. The second kappa shape index (κ2) is 3.94. The number of fused-ring (bicyclic) bond motifs is 1. The van der Waals surface area contributed by atoms with Gasteiger partial charge in [0, 0.05) is 10.7 Å². The largest absolute Gasteiger partial charge is 0.418 e. The lowest BCUT2D eigenvalue weighted by molar-refractivity contribution is -0.137. The maximum absolute atomic E-state index is 12.7. The SMILES string of the molecule is CC1C=Nc2c(C(F)(F)F)ccc(Br)c2C1=O. The first-order valence-corrected chi connectivity index (χ1v) is 5.59. The molecule has 0 amide bonds. The number of hydrogen-bond donors (Lipinski definition) is 0. The summed E-state index contributed by atoms with van der Waals surface area (Å²) < 4.78 is 38.5. The van der Waals surface area contributed by atoms with Crippen molar-refractivity contribution in [3.63, 3.8) is 0 Å². The fourth-order valence-corrected chi connectivity index (χ4v) is 2.16. The fourth-order valence-electron chi connectivity index (χ4n) is 1.65. The molecule has 1 aromatic carbocycles. The number of hydrogen-bond acceptors (Lipinski definition) is 2. The number of nitrogens with zero attached hydrogens (tertiary/aromatic N) is 1. The second-order valence-corrected chi connectivity index (χ2v) is 4.60. The highest BCUT2D eigenvalue weighted by Crippen LogP contribution is 2.42. The van der Waals surface area contributed by atoms with Gasteiger partial charge in [-0.3, -0.25) is 9.79 Å². The van der Waals surface area contributed by atoms with Crippen molar-refractivity contribution in [2.75, 3.05) is 0 Å². The van der Waals surface area contributed by atoms with Crippen molar-refractivity contribution < 1.29 is 18.0 Å². The molecule has 0 spiro atoms. The Balaban J connectivity index is 2.74. The third-order valence-electron chi connectivity index (χ3n) is 2.52. The smallest absolute Gasteiger partial charge is 0.293 e. The standard InChI is InChI=1S/C11H7BrF3NO/c1-5-4-16-9-6(11(13,14)15)2-3-7(12)8(9)10(5)17/h2-5H,1H3. The number of alkyl halides is 3. The zero-order valence-electron chi connectivity index (χ0n) is 8.68. The first-order chi connectivity index (χ1) is 7.82. The molecule has 1 aliphatic rings. The number of ketones is 1. The van der Waals surface area contributed by atoms with Gasteiger partial charge < -0.3 is 0 Å². The normalized spacial score (nSPS) is 19.4. The molecule has 1 heterocycles. The average Bonchev–Trinajstić information content (AvgIpc) is 2.21. The van der Waals surface area contributed by atoms with Crippen LogP contribution in [-0.2, 0) is 6.18 Å². The summed E-state index contributed by atoms with van der Waals surface area (Å²) in [6.07, 6.45) is -3.27. The predicted molar refractivity (Wildman–Crippen MR) is 60.8 cm³/mol. The minimum atomic E-state index is -4.51. The molecule has 1 unspecified atom stereocenters. The van der Waals surface area contributed by atoms with E-state index >= 15 is 0 Å². The Labute approximate surface area is 104 Å². The lowest BCUT2D eigenvalue weighted by Crippen LogP contribution is -2.19. The average molecular weight is 306 g/mol. The molecule has 1 atom stereocenters. The van der Waals surface area contributed by atoms with Gasteiger partial charge in [0.1, 0.15) is 0 Å². The lowest BCUT2D eigenvalue weighted by Gasteiger charge is -2.19. The van der Waals surface area contributed by atoms with Crippen LogP contribution in [0.2, 0.25) is 0 Å². The molecule has 0 radical (unpaired) electrons. The van der Waals surface area contributed by atoms with Gasteiger partial charge in [-0.1, -0.05) is 6.92 Å². The van der Waals surface area contributed by atoms with Crippen molar-refractivity contribution in [3.05, 3.63) is 27.7 Å². The second-order valence-electron chi connectivity index (χ2n) is 3.75. The van der Waals surface area contributed by atoms with Gasteiger partial charge >= 0.3 is 6.18 Å². The molecule has 2 rings (SSSR count). The first-order valence-electron chi connectivity index (χ1n) is 4.80. The van der Waals surface area contributed by atoms with E-state index in [1.807, 2.05) is 0 Å². The first kappa shape index (κ1) is 12.3. The summed E-state index contributed by atoms with van der Waals surface area (Å²) in [5.41, 5.74) is -1.17. The number of carbonyl (C=O) groups is 1. The van der Waals surface area contributed by atoms with E-state index in [1.54, 1.807) is 6.92 Å². The summed E-state index contributed by atoms with van der Waals surface area (Å²) in [6.45, 7) is 1.60. The summed E-state index contributed by atoms with van der Waals surface area (Å²) in [5.74, 6) is -0.852. The molecule has 1 aromatic rings. The van der Waals surface area contributed by atoms with Gasteiger partial charge in [-0.2, -0.15) is 13.2 Å². The Morgan fingerprint density at radius 2 is 2.00 bits per heavy atom. The van der Waals surface area contributed by atoms with Gasteiger partial charge in [-0.15, -0.1) is 0 Å². The highest BCUT2D eigenvalue weighted by Gasteiger charge is 2.37. The molecule has 2 nitrogen and oxygen atoms in total. The lowest BCUT2D eigenvalue weighted by atomic mass is 9.94. The number of carbonyl (C=O) groups excluding carboxylic acids is 1. The van der Waals surface area contributed by atoms with E-state index in [-0.39, 0.29) is 17.0 Å². The van der Waals surface area contributed by atoms with Gasteiger partial charge in [0.05, 0.1) is 22.7 Å². The molecule has 90 valence electrons. The number of Topliss-reactive ketones (excluding diaryl/α,β-unsaturated/α-hetero) is 1. The molecule has 0 saturated heterocycles. The zero-order valence-corrected chi connectivity index (χ0v) is 10.3. The molecule has 0 N–H and O–H groups in total. The van der Waals surface area contributed by atoms with Gasteiger partial charge in [0.25, 0.3) is 0 Å². The van der Waals surface area contributed by atoms with E-state index in [4.69, 9.17) is 0 Å². The summed E-state index contributed by atoms with van der Waals surface area (Å²) in [5, 5.41) is 0. The topological polar surface area (TPSA) is 29.4 Å². The highest BCUT2D eigenvalue weighted by atomic mass is 79.9. The van der Waals surface area contributed by atoms with Crippen LogP contribution in [0.1, 0.15) is 22.8 Å². The number of aliphatic imine (C=N–C) groups is 1. The maximum atomic E-state index is 12.7. The maximum Gasteiger partial charge on any atom is 0.418 e. The molecule has 6 heteroatoms. The van der Waals surface area contributed by atoms with E-state index in [0.717, 1.165) is 6.07 Å². The van der Waals surface area contributed by atoms with Crippen molar-refractivity contribution in [2.24, 2.45) is 10.9 Å². The van der Waals surface area contributed by atoms with Crippen molar-refractivity contribution in [3.8, 4) is 0 Å². The molecule has 0 saturated carbocycles. The van der Waals surface area contributed by atoms with Crippen LogP contribution < -0.4 is 0 Å². The van der Waals surface area contributed by atoms with E-state index in [1.165, 1.54) is 12.3 Å². The Kier molecular flexibility index (Phi) is 2.85.